The van der Waals surface area contributed by atoms with Crippen LogP contribution >= 0.6 is 27.5 Å². The Hall–Kier alpha value is -1.26. The fourth-order valence-electron chi connectivity index (χ4n) is 1.18. The molecule has 6 nitrogen and oxygen atoms in total. The topological polar surface area (TPSA) is 98.0 Å². The minimum atomic E-state index is -3.89. The number of benzene rings is 1. The van der Waals surface area contributed by atoms with Crippen molar-refractivity contribution in [2.45, 2.75) is 4.90 Å². The van der Waals surface area contributed by atoms with Gasteiger partial charge in [0.1, 0.15) is 15.7 Å². The Labute approximate surface area is 114 Å². The Morgan fingerprint density at radius 3 is 2.78 bits per heavy atom. The Morgan fingerprint density at radius 1 is 1.44 bits per heavy atom. The maximum atomic E-state index is 13.2. The van der Waals surface area contributed by atoms with Gasteiger partial charge in [0.05, 0.1) is 16.4 Å². The lowest BCUT2D eigenvalue weighted by Gasteiger charge is -2.08. The number of hydrogen-bond donors (Lipinski definition) is 2. The number of halogens is 2. The van der Waals surface area contributed by atoms with Crippen molar-refractivity contribution in [2.75, 3.05) is 10.5 Å². The van der Waals surface area contributed by atoms with Crippen molar-refractivity contribution in [3.05, 3.63) is 28.6 Å². The third-order valence-corrected chi connectivity index (χ3v) is 4.68. The molecule has 0 unspecified atom stereocenters. The molecule has 0 amide bonds. The summed E-state index contributed by atoms with van der Waals surface area (Å²) in [4.78, 5) is -0.218. The highest BCUT2D eigenvalue weighted by Gasteiger charge is 2.20. The second-order valence-electron chi connectivity index (χ2n) is 3.19. The van der Waals surface area contributed by atoms with Crippen LogP contribution in [-0.4, -0.2) is 18.0 Å². The Balaban J connectivity index is 2.44. The molecule has 3 N–H and O–H groups in total. The van der Waals surface area contributed by atoms with Gasteiger partial charge in [-0.25, -0.2) is 12.8 Å². The molecule has 2 rings (SSSR count). The summed E-state index contributed by atoms with van der Waals surface area (Å²) in [6, 6.07) is 2.03. The van der Waals surface area contributed by atoms with Gasteiger partial charge < -0.3 is 5.73 Å². The molecule has 2 aromatic rings. The van der Waals surface area contributed by atoms with E-state index in [1.54, 1.807) is 0 Å². The van der Waals surface area contributed by atoms with Crippen molar-refractivity contribution < 1.29 is 12.8 Å². The second-order valence-corrected chi connectivity index (χ2v) is 6.48. The van der Waals surface area contributed by atoms with E-state index in [0.717, 1.165) is 23.7 Å². The molecule has 1 heterocycles. The molecule has 10 heteroatoms. The molecule has 0 aliphatic heterocycles. The number of nitrogen functional groups attached to an aromatic ring is 1. The summed E-state index contributed by atoms with van der Waals surface area (Å²) in [6.07, 6.45) is 1.26. The van der Waals surface area contributed by atoms with Gasteiger partial charge in [-0.1, -0.05) is 4.49 Å². The van der Waals surface area contributed by atoms with Crippen molar-refractivity contribution >= 4 is 48.2 Å². The first-order valence-electron chi connectivity index (χ1n) is 4.45. The van der Waals surface area contributed by atoms with Crippen molar-refractivity contribution in [1.29, 1.82) is 0 Å². The average Bonchev–Trinajstić information content (AvgIpc) is 2.75. The van der Waals surface area contributed by atoms with Gasteiger partial charge in [-0.2, -0.15) is 0 Å². The standard InChI is InChI=1S/C8H6BrFN4O2S2/c9-4-1-7(6(11)2-5(4)10)18(15,16)13-8-3-12-14-17-8/h1-3,13H,11H2. The number of anilines is 2. The third-order valence-electron chi connectivity index (χ3n) is 1.94. The number of nitrogens with two attached hydrogens (primary N) is 1. The van der Waals surface area contributed by atoms with Crippen molar-refractivity contribution in [3.63, 3.8) is 0 Å². The van der Waals surface area contributed by atoms with Gasteiger partial charge in [0.15, 0.2) is 0 Å². The van der Waals surface area contributed by atoms with E-state index in [2.05, 4.69) is 30.2 Å². The van der Waals surface area contributed by atoms with Gasteiger partial charge in [-0.15, -0.1) is 5.10 Å². The summed E-state index contributed by atoms with van der Waals surface area (Å²) in [5.74, 6) is -0.633. The van der Waals surface area contributed by atoms with Gasteiger partial charge >= 0.3 is 0 Å². The number of nitrogens with zero attached hydrogens (tertiary/aromatic N) is 2. The monoisotopic (exact) mass is 352 g/mol. The molecule has 0 aliphatic rings. The Kier molecular flexibility index (Phi) is 3.50. The number of rotatable bonds is 3. The van der Waals surface area contributed by atoms with Gasteiger partial charge in [0.2, 0.25) is 0 Å². The van der Waals surface area contributed by atoms with E-state index in [-0.39, 0.29) is 20.1 Å². The van der Waals surface area contributed by atoms with Crippen LogP contribution < -0.4 is 10.5 Å². The summed E-state index contributed by atoms with van der Waals surface area (Å²) in [5.41, 5.74) is 5.32. The maximum Gasteiger partial charge on any atom is 0.264 e. The number of nitrogens with one attached hydrogen (secondary N) is 1. The van der Waals surface area contributed by atoms with E-state index in [9.17, 15) is 12.8 Å². The summed E-state index contributed by atoms with van der Waals surface area (Å²) in [6.45, 7) is 0. The fraction of sp³-hybridized carbons (Fsp3) is 0. The van der Waals surface area contributed by atoms with Crippen molar-refractivity contribution in [3.8, 4) is 0 Å². The van der Waals surface area contributed by atoms with Gasteiger partial charge in [0.25, 0.3) is 10.0 Å². The molecule has 0 spiro atoms. The van der Waals surface area contributed by atoms with Crippen LogP contribution in [0.3, 0.4) is 0 Å². The lowest BCUT2D eigenvalue weighted by atomic mass is 10.3. The molecule has 0 fully saturated rings. The predicted molar refractivity (Wildman–Crippen MR) is 69.2 cm³/mol. The first-order valence-corrected chi connectivity index (χ1v) is 7.50. The van der Waals surface area contributed by atoms with Crippen LogP contribution in [0.25, 0.3) is 0 Å². The molecule has 0 radical (unpaired) electrons. The van der Waals surface area contributed by atoms with Crippen molar-refractivity contribution in [2.24, 2.45) is 0 Å². The van der Waals surface area contributed by atoms with E-state index in [4.69, 9.17) is 5.73 Å². The highest BCUT2D eigenvalue weighted by Crippen LogP contribution is 2.28. The first kappa shape index (κ1) is 13.2. The summed E-state index contributed by atoms with van der Waals surface area (Å²) >= 11 is 3.79. The molecular formula is C8H6BrFN4O2S2. The van der Waals surface area contributed by atoms with Crippen molar-refractivity contribution in [1.82, 2.24) is 9.59 Å². The molecule has 0 aliphatic carbocycles. The zero-order valence-corrected chi connectivity index (χ0v) is 11.8. The fourth-order valence-corrected chi connectivity index (χ4v) is 3.50. The Morgan fingerprint density at radius 2 is 2.17 bits per heavy atom. The summed E-state index contributed by atoms with van der Waals surface area (Å²) in [7, 11) is -3.89. The summed E-state index contributed by atoms with van der Waals surface area (Å²) < 4.78 is 42.9. The molecule has 0 atom stereocenters. The van der Waals surface area contributed by atoms with Crippen LogP contribution in [0, 0.1) is 5.82 Å². The molecular weight excluding hydrogens is 347 g/mol. The van der Waals surface area contributed by atoms with E-state index in [1.165, 1.54) is 6.20 Å². The number of aromatic nitrogens is 2. The zero-order chi connectivity index (χ0) is 13.3. The van der Waals surface area contributed by atoms with Crippen LogP contribution in [0.15, 0.2) is 27.7 Å². The quantitative estimate of drug-likeness (QED) is 0.821. The lowest BCUT2D eigenvalue weighted by molar-refractivity contribution is 0.599. The zero-order valence-electron chi connectivity index (χ0n) is 8.59. The lowest BCUT2D eigenvalue weighted by Crippen LogP contribution is -2.14. The molecule has 1 aromatic heterocycles. The molecule has 18 heavy (non-hydrogen) atoms. The molecule has 96 valence electrons. The molecule has 0 saturated carbocycles. The summed E-state index contributed by atoms with van der Waals surface area (Å²) in [5, 5.41) is 3.74. The highest BCUT2D eigenvalue weighted by molar-refractivity contribution is 9.10. The first-order chi connectivity index (χ1) is 8.40. The van der Waals surface area contributed by atoms with E-state index in [0.29, 0.717) is 0 Å². The average molecular weight is 353 g/mol. The largest absolute Gasteiger partial charge is 0.398 e. The molecule has 0 saturated heterocycles. The van der Waals surface area contributed by atoms with Crippen LogP contribution in [0.2, 0.25) is 0 Å². The maximum absolute atomic E-state index is 13.2. The van der Waals surface area contributed by atoms with E-state index < -0.39 is 15.8 Å². The van der Waals surface area contributed by atoms with Gasteiger partial charge in [-0.05, 0) is 28.1 Å². The SMILES string of the molecule is Nc1cc(F)c(Br)cc1S(=O)(=O)Nc1cnns1. The van der Waals surface area contributed by atoms with Crippen LogP contribution in [0.4, 0.5) is 15.1 Å². The van der Waals surface area contributed by atoms with Crippen LogP contribution in [0.5, 0.6) is 0 Å². The van der Waals surface area contributed by atoms with Crippen LogP contribution in [-0.2, 0) is 10.0 Å². The smallest absolute Gasteiger partial charge is 0.264 e. The number of hydrogen-bond acceptors (Lipinski definition) is 6. The highest BCUT2D eigenvalue weighted by atomic mass is 79.9. The second kappa shape index (κ2) is 4.78. The minimum Gasteiger partial charge on any atom is -0.398 e. The minimum absolute atomic E-state index is 0.0134. The third kappa shape index (κ3) is 2.60. The van der Waals surface area contributed by atoms with Gasteiger partial charge in [0, 0.05) is 11.5 Å². The molecule has 0 bridgehead atoms. The normalized spacial score (nSPS) is 11.4. The van der Waals surface area contributed by atoms with Gasteiger partial charge in [-0.3, -0.25) is 4.72 Å². The predicted octanol–water partition coefficient (Wildman–Crippen LogP) is 1.82. The van der Waals surface area contributed by atoms with E-state index in [1.807, 2.05) is 0 Å². The molecule has 1 aromatic carbocycles. The number of sulfonamides is 1. The van der Waals surface area contributed by atoms with Crippen LogP contribution in [0.1, 0.15) is 0 Å². The van der Waals surface area contributed by atoms with E-state index >= 15 is 0 Å². The Bertz CT molecular complexity index is 675.